The molecule has 1 aliphatic rings. The molecule has 0 aliphatic carbocycles. The van der Waals surface area contributed by atoms with Crippen molar-refractivity contribution in [2.75, 3.05) is 6.61 Å². The second kappa shape index (κ2) is 6.52. The van der Waals surface area contributed by atoms with E-state index in [2.05, 4.69) is 33.9 Å². The van der Waals surface area contributed by atoms with Crippen molar-refractivity contribution in [3.8, 4) is 0 Å². The highest BCUT2D eigenvalue weighted by Gasteiger charge is 2.43. The standard InChI is InChI=1S/C16H30O4Si/c1-9-18-15(17)14-12(3)13(10-11(2)19-14)20-21(7,8)16(4,5)6/h10-12,14H,9H2,1-8H3/t11-,12+,14+/m1/s1. The lowest BCUT2D eigenvalue weighted by atomic mass is 9.98. The first-order valence-electron chi connectivity index (χ1n) is 7.72. The first-order valence-corrected chi connectivity index (χ1v) is 10.6. The summed E-state index contributed by atoms with van der Waals surface area (Å²) in [6.45, 7) is 17.1. The Labute approximate surface area is 130 Å². The first kappa shape index (κ1) is 18.2. The van der Waals surface area contributed by atoms with E-state index in [0.717, 1.165) is 5.76 Å². The molecule has 0 saturated carbocycles. The number of rotatable bonds is 4. The maximum absolute atomic E-state index is 12.0. The molecule has 0 unspecified atom stereocenters. The quantitative estimate of drug-likeness (QED) is 0.583. The van der Waals surface area contributed by atoms with Crippen molar-refractivity contribution in [1.29, 1.82) is 0 Å². The molecule has 0 amide bonds. The number of ether oxygens (including phenoxy) is 2. The summed E-state index contributed by atoms with van der Waals surface area (Å²) in [5, 5.41) is 0.120. The SMILES string of the molecule is CCOC(=O)[C@H]1O[C@H](C)C=C(O[Si](C)(C)C(C)(C)C)[C@@H]1C. The van der Waals surface area contributed by atoms with Crippen LogP contribution in [-0.4, -0.2) is 33.1 Å². The van der Waals surface area contributed by atoms with Crippen molar-refractivity contribution in [2.45, 2.75) is 71.9 Å². The van der Waals surface area contributed by atoms with E-state index in [1.807, 2.05) is 19.9 Å². The van der Waals surface area contributed by atoms with Gasteiger partial charge in [-0.25, -0.2) is 4.79 Å². The zero-order valence-corrected chi connectivity index (χ0v) is 15.6. The van der Waals surface area contributed by atoms with Gasteiger partial charge in [0.05, 0.1) is 18.5 Å². The van der Waals surface area contributed by atoms with Gasteiger partial charge in [0.2, 0.25) is 8.32 Å². The minimum absolute atomic E-state index is 0.116. The highest BCUT2D eigenvalue weighted by molar-refractivity contribution is 6.74. The van der Waals surface area contributed by atoms with E-state index in [9.17, 15) is 4.79 Å². The molecule has 1 heterocycles. The molecule has 122 valence electrons. The van der Waals surface area contributed by atoms with E-state index in [1.54, 1.807) is 6.92 Å². The van der Waals surface area contributed by atoms with Crippen LogP contribution >= 0.6 is 0 Å². The average molecular weight is 314 g/mol. The summed E-state index contributed by atoms with van der Waals surface area (Å²) >= 11 is 0. The summed E-state index contributed by atoms with van der Waals surface area (Å²) in [5.41, 5.74) is 0. The van der Waals surface area contributed by atoms with Crippen LogP contribution in [0.15, 0.2) is 11.8 Å². The van der Waals surface area contributed by atoms with Crippen LogP contribution in [0.25, 0.3) is 0 Å². The second-order valence-electron chi connectivity index (χ2n) is 7.23. The van der Waals surface area contributed by atoms with Crippen LogP contribution in [-0.2, 0) is 18.7 Å². The Morgan fingerprint density at radius 2 is 1.90 bits per heavy atom. The monoisotopic (exact) mass is 314 g/mol. The van der Waals surface area contributed by atoms with Crippen LogP contribution in [0, 0.1) is 5.92 Å². The fourth-order valence-corrected chi connectivity index (χ4v) is 3.13. The number of hydrogen-bond acceptors (Lipinski definition) is 4. The fourth-order valence-electron chi connectivity index (χ4n) is 1.98. The van der Waals surface area contributed by atoms with E-state index in [1.165, 1.54) is 0 Å². The number of carbonyl (C=O) groups excluding carboxylic acids is 1. The second-order valence-corrected chi connectivity index (χ2v) is 12.0. The molecule has 0 fully saturated rings. The third-order valence-electron chi connectivity index (χ3n) is 4.36. The maximum atomic E-state index is 12.0. The fraction of sp³-hybridized carbons (Fsp3) is 0.812. The number of hydrogen-bond donors (Lipinski definition) is 0. The lowest BCUT2D eigenvalue weighted by Crippen LogP contribution is -2.45. The Bertz CT molecular complexity index is 409. The van der Waals surface area contributed by atoms with Gasteiger partial charge in [0.1, 0.15) is 0 Å². The zero-order valence-electron chi connectivity index (χ0n) is 14.6. The molecule has 1 rings (SSSR count). The van der Waals surface area contributed by atoms with E-state index in [0.29, 0.717) is 6.61 Å². The smallest absolute Gasteiger partial charge is 0.336 e. The molecule has 0 spiro atoms. The van der Waals surface area contributed by atoms with Crippen LogP contribution in [0.1, 0.15) is 41.5 Å². The van der Waals surface area contributed by atoms with Crippen molar-refractivity contribution in [2.24, 2.45) is 5.92 Å². The maximum Gasteiger partial charge on any atom is 0.336 e. The number of esters is 1. The Kier molecular flexibility index (Phi) is 5.67. The van der Waals surface area contributed by atoms with Crippen LogP contribution in [0.5, 0.6) is 0 Å². The predicted octanol–water partition coefficient (Wildman–Crippen LogP) is 3.88. The van der Waals surface area contributed by atoms with E-state index in [-0.39, 0.29) is 23.0 Å². The molecular formula is C16H30O4Si. The molecule has 1 aliphatic heterocycles. The Morgan fingerprint density at radius 1 is 1.33 bits per heavy atom. The van der Waals surface area contributed by atoms with Crippen LogP contribution in [0.4, 0.5) is 0 Å². The van der Waals surface area contributed by atoms with Crippen molar-refractivity contribution in [3.63, 3.8) is 0 Å². The molecule has 0 bridgehead atoms. The zero-order chi connectivity index (χ0) is 16.4. The molecular weight excluding hydrogens is 284 g/mol. The third kappa shape index (κ3) is 4.33. The van der Waals surface area contributed by atoms with Gasteiger partial charge >= 0.3 is 5.97 Å². The Balaban J connectivity index is 2.94. The molecule has 0 saturated heterocycles. The minimum Gasteiger partial charge on any atom is -0.546 e. The van der Waals surface area contributed by atoms with Crippen molar-refractivity contribution in [3.05, 3.63) is 11.8 Å². The van der Waals surface area contributed by atoms with Gasteiger partial charge in [0.25, 0.3) is 0 Å². The molecule has 4 nitrogen and oxygen atoms in total. The van der Waals surface area contributed by atoms with Gasteiger partial charge in [-0.05, 0) is 38.1 Å². The summed E-state index contributed by atoms with van der Waals surface area (Å²) in [6.07, 6.45) is 1.26. The topological polar surface area (TPSA) is 44.8 Å². The van der Waals surface area contributed by atoms with Gasteiger partial charge in [-0.3, -0.25) is 0 Å². The van der Waals surface area contributed by atoms with Gasteiger partial charge in [0, 0.05) is 5.92 Å². The largest absolute Gasteiger partial charge is 0.546 e. The molecule has 3 atom stereocenters. The summed E-state index contributed by atoms with van der Waals surface area (Å²) in [7, 11) is -1.92. The van der Waals surface area contributed by atoms with Crippen molar-refractivity contribution >= 4 is 14.3 Å². The van der Waals surface area contributed by atoms with Crippen molar-refractivity contribution < 1.29 is 18.7 Å². The van der Waals surface area contributed by atoms with E-state index in [4.69, 9.17) is 13.9 Å². The third-order valence-corrected chi connectivity index (χ3v) is 8.72. The van der Waals surface area contributed by atoms with Gasteiger partial charge in [-0.1, -0.05) is 27.7 Å². The van der Waals surface area contributed by atoms with Gasteiger partial charge in [-0.2, -0.15) is 0 Å². The predicted molar refractivity (Wildman–Crippen MR) is 86.5 cm³/mol. The summed E-state index contributed by atoms with van der Waals surface area (Å²) in [5.74, 6) is 0.453. The van der Waals surface area contributed by atoms with Gasteiger partial charge in [0.15, 0.2) is 6.10 Å². The molecule has 0 aromatic heterocycles. The van der Waals surface area contributed by atoms with Crippen LogP contribution in [0.2, 0.25) is 18.1 Å². The number of carbonyl (C=O) groups is 1. The average Bonchev–Trinajstić information content (AvgIpc) is 2.31. The molecule has 0 aromatic carbocycles. The van der Waals surface area contributed by atoms with E-state index < -0.39 is 14.4 Å². The lowest BCUT2D eigenvalue weighted by molar-refractivity contribution is -0.163. The van der Waals surface area contributed by atoms with E-state index >= 15 is 0 Å². The van der Waals surface area contributed by atoms with Crippen molar-refractivity contribution in [1.82, 2.24) is 0 Å². The molecule has 21 heavy (non-hydrogen) atoms. The summed E-state index contributed by atoms with van der Waals surface area (Å²) in [6, 6.07) is 0. The molecule has 0 radical (unpaired) electrons. The normalized spacial score (nSPS) is 27.0. The summed E-state index contributed by atoms with van der Waals surface area (Å²) < 4.78 is 17.2. The summed E-state index contributed by atoms with van der Waals surface area (Å²) in [4.78, 5) is 12.0. The first-order chi connectivity index (χ1) is 9.49. The van der Waals surface area contributed by atoms with Crippen LogP contribution < -0.4 is 0 Å². The van der Waals surface area contributed by atoms with Crippen LogP contribution in [0.3, 0.4) is 0 Å². The molecule has 0 aromatic rings. The van der Waals surface area contributed by atoms with Gasteiger partial charge in [-0.15, -0.1) is 0 Å². The Morgan fingerprint density at radius 3 is 2.38 bits per heavy atom. The lowest BCUT2D eigenvalue weighted by Gasteiger charge is -2.41. The highest BCUT2D eigenvalue weighted by atomic mass is 28.4. The molecule has 5 heteroatoms. The minimum atomic E-state index is -1.92. The molecule has 0 N–H and O–H groups in total. The van der Waals surface area contributed by atoms with Gasteiger partial charge < -0.3 is 13.9 Å². The highest BCUT2D eigenvalue weighted by Crippen LogP contribution is 2.40. The Hall–Kier alpha value is -0.813.